The smallest absolute Gasteiger partial charge is 0.251 e. The summed E-state index contributed by atoms with van der Waals surface area (Å²) in [5.41, 5.74) is 0.557. The molecule has 0 radical (unpaired) electrons. The Labute approximate surface area is 147 Å². The number of nitrogens with zero attached hydrogens (tertiary/aromatic N) is 2. The molecule has 2 amide bonds. The molecule has 5 nitrogen and oxygen atoms in total. The molecule has 1 aliphatic heterocycles. The molecule has 130 valence electrons. The first-order valence-corrected chi connectivity index (χ1v) is 9.07. The van der Waals surface area contributed by atoms with Crippen LogP contribution in [-0.2, 0) is 4.79 Å². The average molecular weight is 350 g/mol. The summed E-state index contributed by atoms with van der Waals surface area (Å²) in [5, 5.41) is 3.40. The second-order valence-corrected chi connectivity index (χ2v) is 6.95. The average Bonchev–Trinajstić information content (AvgIpc) is 3.41. The van der Waals surface area contributed by atoms with E-state index in [0.717, 1.165) is 38.6 Å². The summed E-state index contributed by atoms with van der Waals surface area (Å²) < 4.78 is 0. The van der Waals surface area contributed by atoms with Crippen molar-refractivity contribution in [2.24, 2.45) is 0 Å². The zero-order valence-corrected chi connectivity index (χ0v) is 14.6. The van der Waals surface area contributed by atoms with E-state index in [1.54, 1.807) is 24.3 Å². The van der Waals surface area contributed by atoms with Gasteiger partial charge in [0.25, 0.3) is 5.91 Å². The van der Waals surface area contributed by atoms with E-state index in [1.807, 2.05) is 4.90 Å². The highest BCUT2D eigenvalue weighted by molar-refractivity contribution is 6.30. The maximum atomic E-state index is 12.3. The van der Waals surface area contributed by atoms with Crippen LogP contribution in [-0.4, -0.2) is 60.4 Å². The highest BCUT2D eigenvalue weighted by Crippen LogP contribution is 2.27. The second kappa shape index (κ2) is 7.99. The maximum Gasteiger partial charge on any atom is 0.251 e. The summed E-state index contributed by atoms with van der Waals surface area (Å²) in [7, 11) is 0. The van der Waals surface area contributed by atoms with E-state index < -0.39 is 0 Å². The zero-order chi connectivity index (χ0) is 16.9. The van der Waals surface area contributed by atoms with E-state index in [9.17, 15) is 9.59 Å². The Balaban J connectivity index is 1.40. The molecular formula is C18H24ClN3O2. The van der Waals surface area contributed by atoms with Crippen molar-refractivity contribution in [3.05, 3.63) is 34.9 Å². The van der Waals surface area contributed by atoms with Gasteiger partial charge in [0.2, 0.25) is 5.91 Å². The molecule has 1 heterocycles. The second-order valence-electron chi connectivity index (χ2n) is 6.51. The molecule has 2 aliphatic rings. The standard InChI is InChI=1S/C18H24ClN3O2/c19-15-4-2-14(3-5-15)18(24)20-9-8-17(23)22-11-1-10-21(12-13-22)16-6-7-16/h2-5,16H,1,6-13H2,(H,20,24). The predicted molar refractivity (Wildman–Crippen MR) is 94.2 cm³/mol. The molecule has 1 aromatic carbocycles. The summed E-state index contributed by atoms with van der Waals surface area (Å²) in [4.78, 5) is 28.8. The molecule has 24 heavy (non-hydrogen) atoms. The van der Waals surface area contributed by atoms with E-state index in [0.29, 0.717) is 23.6 Å². The minimum absolute atomic E-state index is 0.129. The number of carbonyl (C=O) groups is 2. The number of hydrogen-bond acceptors (Lipinski definition) is 3. The number of halogens is 1. The SMILES string of the molecule is O=C(NCCC(=O)N1CCCN(C2CC2)CC1)c1ccc(Cl)cc1. The van der Waals surface area contributed by atoms with E-state index >= 15 is 0 Å². The predicted octanol–water partition coefficient (Wildman–Crippen LogP) is 2.16. The van der Waals surface area contributed by atoms with Crippen LogP contribution >= 0.6 is 11.6 Å². The molecule has 3 rings (SSSR count). The number of benzene rings is 1. The van der Waals surface area contributed by atoms with Crippen LogP contribution in [0.25, 0.3) is 0 Å². The molecule has 1 aromatic rings. The lowest BCUT2D eigenvalue weighted by Gasteiger charge is -2.22. The topological polar surface area (TPSA) is 52.7 Å². The van der Waals surface area contributed by atoms with Gasteiger partial charge in [0.1, 0.15) is 0 Å². The molecule has 2 fully saturated rings. The van der Waals surface area contributed by atoms with Gasteiger partial charge in [0, 0.05) is 55.8 Å². The molecule has 6 heteroatoms. The quantitative estimate of drug-likeness (QED) is 0.886. The Hall–Kier alpha value is -1.59. The Morgan fingerprint density at radius 1 is 1.08 bits per heavy atom. The minimum atomic E-state index is -0.171. The van der Waals surface area contributed by atoms with Crippen molar-refractivity contribution in [3.8, 4) is 0 Å². The van der Waals surface area contributed by atoms with Gasteiger partial charge in [-0.1, -0.05) is 11.6 Å². The summed E-state index contributed by atoms with van der Waals surface area (Å²) in [6.07, 6.45) is 4.01. The van der Waals surface area contributed by atoms with Crippen molar-refractivity contribution in [3.63, 3.8) is 0 Å². The van der Waals surface area contributed by atoms with Crippen LogP contribution in [0, 0.1) is 0 Å². The van der Waals surface area contributed by atoms with Crippen LogP contribution < -0.4 is 5.32 Å². The van der Waals surface area contributed by atoms with Crippen LogP contribution in [0.3, 0.4) is 0 Å². The van der Waals surface area contributed by atoms with Crippen LogP contribution in [0.15, 0.2) is 24.3 Å². The van der Waals surface area contributed by atoms with Crippen molar-refractivity contribution in [1.29, 1.82) is 0 Å². The van der Waals surface area contributed by atoms with Gasteiger partial charge in [-0.3, -0.25) is 14.5 Å². The van der Waals surface area contributed by atoms with Gasteiger partial charge in [-0.2, -0.15) is 0 Å². The van der Waals surface area contributed by atoms with Crippen molar-refractivity contribution in [2.45, 2.75) is 31.7 Å². The lowest BCUT2D eigenvalue weighted by atomic mass is 10.2. The van der Waals surface area contributed by atoms with Gasteiger partial charge < -0.3 is 10.2 Å². The number of carbonyl (C=O) groups excluding carboxylic acids is 2. The lowest BCUT2D eigenvalue weighted by molar-refractivity contribution is -0.130. The van der Waals surface area contributed by atoms with Crippen molar-refractivity contribution >= 4 is 23.4 Å². The van der Waals surface area contributed by atoms with Crippen molar-refractivity contribution in [2.75, 3.05) is 32.7 Å². The van der Waals surface area contributed by atoms with Crippen LogP contribution in [0.4, 0.5) is 0 Å². The Morgan fingerprint density at radius 2 is 1.83 bits per heavy atom. The molecule has 1 saturated heterocycles. The fourth-order valence-electron chi connectivity index (χ4n) is 3.14. The normalized spacial score (nSPS) is 19.0. The first-order chi connectivity index (χ1) is 11.6. The first kappa shape index (κ1) is 17.2. The molecule has 0 bridgehead atoms. The number of amides is 2. The molecule has 0 atom stereocenters. The highest BCUT2D eigenvalue weighted by Gasteiger charge is 2.30. The maximum absolute atomic E-state index is 12.3. The Bertz CT molecular complexity index is 586. The molecule has 1 saturated carbocycles. The lowest BCUT2D eigenvalue weighted by Crippen LogP contribution is -2.37. The summed E-state index contributed by atoms with van der Waals surface area (Å²) in [5.74, 6) is -0.0423. The monoisotopic (exact) mass is 349 g/mol. The third kappa shape index (κ3) is 4.71. The summed E-state index contributed by atoms with van der Waals surface area (Å²) >= 11 is 5.81. The zero-order valence-electron chi connectivity index (χ0n) is 13.8. The van der Waals surface area contributed by atoms with Crippen molar-refractivity contribution in [1.82, 2.24) is 15.1 Å². The number of hydrogen-bond donors (Lipinski definition) is 1. The molecule has 0 unspecified atom stereocenters. The summed E-state index contributed by atoms with van der Waals surface area (Å²) in [6, 6.07) is 7.50. The van der Waals surface area contributed by atoms with Gasteiger partial charge in [0.05, 0.1) is 0 Å². The fourth-order valence-corrected chi connectivity index (χ4v) is 3.26. The van der Waals surface area contributed by atoms with Gasteiger partial charge in [-0.25, -0.2) is 0 Å². The van der Waals surface area contributed by atoms with Crippen LogP contribution in [0.5, 0.6) is 0 Å². The van der Waals surface area contributed by atoms with Crippen LogP contribution in [0.2, 0.25) is 5.02 Å². The number of rotatable bonds is 5. The third-order valence-electron chi connectivity index (χ3n) is 4.68. The molecule has 0 spiro atoms. The molecular weight excluding hydrogens is 326 g/mol. The Kier molecular flexibility index (Phi) is 5.74. The Morgan fingerprint density at radius 3 is 2.54 bits per heavy atom. The van der Waals surface area contributed by atoms with Crippen molar-refractivity contribution < 1.29 is 9.59 Å². The van der Waals surface area contributed by atoms with E-state index in [4.69, 9.17) is 11.6 Å². The number of nitrogens with one attached hydrogen (secondary N) is 1. The minimum Gasteiger partial charge on any atom is -0.352 e. The largest absolute Gasteiger partial charge is 0.352 e. The van der Waals surface area contributed by atoms with E-state index in [2.05, 4.69) is 10.2 Å². The van der Waals surface area contributed by atoms with Crippen LogP contribution in [0.1, 0.15) is 36.0 Å². The van der Waals surface area contributed by atoms with Gasteiger partial charge >= 0.3 is 0 Å². The fraction of sp³-hybridized carbons (Fsp3) is 0.556. The summed E-state index contributed by atoms with van der Waals surface area (Å²) in [6.45, 7) is 4.08. The third-order valence-corrected chi connectivity index (χ3v) is 4.93. The van der Waals surface area contributed by atoms with E-state index in [1.165, 1.54) is 12.8 Å². The molecule has 0 aromatic heterocycles. The van der Waals surface area contributed by atoms with Gasteiger partial charge in [0.15, 0.2) is 0 Å². The van der Waals surface area contributed by atoms with Gasteiger partial charge in [-0.15, -0.1) is 0 Å². The van der Waals surface area contributed by atoms with Gasteiger partial charge in [-0.05, 0) is 43.5 Å². The highest BCUT2D eigenvalue weighted by atomic mass is 35.5. The molecule has 1 aliphatic carbocycles. The van der Waals surface area contributed by atoms with E-state index in [-0.39, 0.29) is 11.8 Å². The molecule has 1 N–H and O–H groups in total. The first-order valence-electron chi connectivity index (χ1n) is 8.69.